The van der Waals surface area contributed by atoms with E-state index in [1.807, 2.05) is 6.92 Å². The molecule has 0 bridgehead atoms. The van der Waals surface area contributed by atoms with Crippen molar-refractivity contribution in [1.82, 2.24) is 5.32 Å². The summed E-state index contributed by atoms with van der Waals surface area (Å²) in [6.45, 7) is 4.32. The maximum atomic E-state index is 13.9. The summed E-state index contributed by atoms with van der Waals surface area (Å²) in [5, 5.41) is 3.08. The molecule has 0 fully saturated rings. The molecule has 1 unspecified atom stereocenters. The maximum absolute atomic E-state index is 13.9. The predicted octanol–water partition coefficient (Wildman–Crippen LogP) is 4.09. The van der Waals surface area contributed by atoms with Crippen molar-refractivity contribution in [3.05, 3.63) is 58.8 Å². The van der Waals surface area contributed by atoms with Gasteiger partial charge in [0.05, 0.1) is 6.04 Å². The molecular weight excluding hydrogens is 267 g/mol. The first kappa shape index (κ1) is 14.7. The van der Waals surface area contributed by atoms with Crippen molar-refractivity contribution in [2.24, 2.45) is 0 Å². The van der Waals surface area contributed by atoms with Crippen LogP contribution in [0.1, 0.15) is 36.5 Å². The van der Waals surface area contributed by atoms with Crippen LogP contribution in [0.25, 0.3) is 0 Å². The summed E-state index contributed by atoms with van der Waals surface area (Å²) < 4.78 is 45.8. The van der Waals surface area contributed by atoms with Gasteiger partial charge in [0.1, 0.15) is 17.3 Å². The van der Waals surface area contributed by atoms with Crippen molar-refractivity contribution in [2.45, 2.75) is 26.3 Å². The first-order valence-electron chi connectivity index (χ1n) is 6.47. The Morgan fingerprint density at radius 1 is 1.10 bits per heavy atom. The average Bonchev–Trinajstić information content (AvgIpc) is 2.82. The molecule has 0 saturated heterocycles. The van der Waals surface area contributed by atoms with Crippen LogP contribution in [-0.4, -0.2) is 6.54 Å². The zero-order chi connectivity index (χ0) is 14.7. The summed E-state index contributed by atoms with van der Waals surface area (Å²) >= 11 is 0. The summed E-state index contributed by atoms with van der Waals surface area (Å²) in [4.78, 5) is 0. The standard InChI is InChI=1S/C15H16F3NO/c1-3-6-19-15(14-5-4-9(2)20-14)10-7-12(17)13(18)8-11(10)16/h4-5,7-8,15,19H,3,6H2,1-2H3. The molecule has 0 aliphatic heterocycles. The van der Waals surface area contributed by atoms with Gasteiger partial charge in [-0.25, -0.2) is 13.2 Å². The number of hydrogen-bond donors (Lipinski definition) is 1. The number of halogens is 3. The van der Waals surface area contributed by atoms with Gasteiger partial charge >= 0.3 is 0 Å². The van der Waals surface area contributed by atoms with E-state index >= 15 is 0 Å². The van der Waals surface area contributed by atoms with Crippen LogP contribution in [0.2, 0.25) is 0 Å². The highest BCUT2D eigenvalue weighted by atomic mass is 19.2. The third kappa shape index (κ3) is 3.04. The van der Waals surface area contributed by atoms with Crippen LogP contribution in [0.3, 0.4) is 0 Å². The molecule has 1 aromatic heterocycles. The Balaban J connectivity index is 2.43. The molecule has 0 saturated carbocycles. The first-order chi connectivity index (χ1) is 9.52. The van der Waals surface area contributed by atoms with Crippen molar-refractivity contribution in [1.29, 1.82) is 0 Å². The van der Waals surface area contributed by atoms with Gasteiger partial charge < -0.3 is 9.73 Å². The van der Waals surface area contributed by atoms with Crippen LogP contribution in [0.15, 0.2) is 28.7 Å². The van der Waals surface area contributed by atoms with Gasteiger partial charge in [-0.1, -0.05) is 6.92 Å². The Morgan fingerprint density at radius 3 is 2.40 bits per heavy atom. The highest BCUT2D eigenvalue weighted by Crippen LogP contribution is 2.27. The van der Waals surface area contributed by atoms with E-state index in [1.54, 1.807) is 19.1 Å². The van der Waals surface area contributed by atoms with Gasteiger partial charge in [0.15, 0.2) is 11.6 Å². The number of aryl methyl sites for hydroxylation is 1. The smallest absolute Gasteiger partial charge is 0.161 e. The monoisotopic (exact) mass is 283 g/mol. The molecule has 2 aromatic rings. The third-order valence-electron chi connectivity index (χ3n) is 2.99. The van der Waals surface area contributed by atoms with Crippen LogP contribution in [0, 0.1) is 24.4 Å². The van der Waals surface area contributed by atoms with E-state index in [-0.39, 0.29) is 5.56 Å². The quantitative estimate of drug-likeness (QED) is 0.836. The SMILES string of the molecule is CCCNC(c1ccc(C)o1)c1cc(F)c(F)cc1F. The van der Waals surface area contributed by atoms with E-state index < -0.39 is 23.5 Å². The lowest BCUT2D eigenvalue weighted by Gasteiger charge is -2.17. The summed E-state index contributed by atoms with van der Waals surface area (Å²) in [6.07, 6.45) is 0.821. The lowest BCUT2D eigenvalue weighted by molar-refractivity contribution is 0.416. The Kier molecular flexibility index (Phi) is 4.49. The van der Waals surface area contributed by atoms with Crippen LogP contribution < -0.4 is 5.32 Å². The zero-order valence-corrected chi connectivity index (χ0v) is 11.3. The molecule has 2 rings (SSSR count). The molecule has 1 aromatic carbocycles. The van der Waals surface area contributed by atoms with Crippen molar-refractivity contribution >= 4 is 0 Å². The van der Waals surface area contributed by atoms with E-state index in [1.165, 1.54) is 0 Å². The summed E-state index contributed by atoms with van der Waals surface area (Å²) in [5.74, 6) is -1.93. The summed E-state index contributed by atoms with van der Waals surface area (Å²) in [5.41, 5.74) is 0.0340. The minimum absolute atomic E-state index is 0.0340. The fraction of sp³-hybridized carbons (Fsp3) is 0.333. The van der Waals surface area contributed by atoms with Crippen LogP contribution in [0.5, 0.6) is 0 Å². The van der Waals surface area contributed by atoms with Crippen LogP contribution >= 0.6 is 0 Å². The molecule has 0 spiro atoms. The molecule has 0 amide bonds. The van der Waals surface area contributed by atoms with Crippen molar-refractivity contribution < 1.29 is 17.6 Å². The molecule has 5 heteroatoms. The molecular formula is C15H16F3NO. The normalized spacial score (nSPS) is 12.7. The van der Waals surface area contributed by atoms with E-state index in [2.05, 4.69) is 5.32 Å². The van der Waals surface area contributed by atoms with Gasteiger partial charge in [-0.05, 0) is 38.1 Å². The van der Waals surface area contributed by atoms with E-state index in [0.717, 1.165) is 12.5 Å². The zero-order valence-electron chi connectivity index (χ0n) is 11.3. The minimum atomic E-state index is -1.20. The molecule has 1 N–H and O–H groups in total. The molecule has 0 radical (unpaired) electrons. The second-order valence-corrected chi connectivity index (χ2v) is 4.62. The second-order valence-electron chi connectivity index (χ2n) is 4.62. The Bertz CT molecular complexity index is 595. The fourth-order valence-corrected chi connectivity index (χ4v) is 2.02. The Morgan fingerprint density at radius 2 is 1.80 bits per heavy atom. The lowest BCUT2D eigenvalue weighted by Crippen LogP contribution is -2.24. The van der Waals surface area contributed by atoms with E-state index in [0.29, 0.717) is 24.1 Å². The number of rotatable bonds is 5. The molecule has 2 nitrogen and oxygen atoms in total. The fourth-order valence-electron chi connectivity index (χ4n) is 2.02. The van der Waals surface area contributed by atoms with Crippen LogP contribution in [0.4, 0.5) is 13.2 Å². The largest absolute Gasteiger partial charge is 0.464 e. The number of benzene rings is 1. The highest BCUT2D eigenvalue weighted by molar-refractivity contribution is 5.30. The third-order valence-corrected chi connectivity index (χ3v) is 2.99. The van der Waals surface area contributed by atoms with Gasteiger partial charge in [-0.2, -0.15) is 0 Å². The van der Waals surface area contributed by atoms with Gasteiger partial charge in [0.25, 0.3) is 0 Å². The molecule has 1 atom stereocenters. The van der Waals surface area contributed by atoms with Gasteiger partial charge in [0, 0.05) is 11.6 Å². The molecule has 0 aliphatic carbocycles. The van der Waals surface area contributed by atoms with E-state index in [9.17, 15) is 13.2 Å². The molecule has 1 heterocycles. The van der Waals surface area contributed by atoms with Gasteiger partial charge in [0.2, 0.25) is 0 Å². The van der Waals surface area contributed by atoms with Crippen molar-refractivity contribution in [3.63, 3.8) is 0 Å². The summed E-state index contributed by atoms with van der Waals surface area (Å²) in [6, 6.07) is 4.23. The number of furan rings is 1. The first-order valence-corrected chi connectivity index (χ1v) is 6.47. The second kappa shape index (κ2) is 6.13. The topological polar surface area (TPSA) is 25.2 Å². The Labute approximate surface area is 115 Å². The van der Waals surface area contributed by atoms with E-state index in [4.69, 9.17) is 4.42 Å². The van der Waals surface area contributed by atoms with Gasteiger partial charge in [-0.3, -0.25) is 0 Å². The highest BCUT2D eigenvalue weighted by Gasteiger charge is 2.22. The van der Waals surface area contributed by atoms with Gasteiger partial charge in [-0.15, -0.1) is 0 Å². The molecule has 108 valence electrons. The molecule has 20 heavy (non-hydrogen) atoms. The number of hydrogen-bond acceptors (Lipinski definition) is 2. The average molecular weight is 283 g/mol. The van der Waals surface area contributed by atoms with Crippen molar-refractivity contribution in [3.8, 4) is 0 Å². The predicted molar refractivity (Wildman–Crippen MR) is 69.9 cm³/mol. The number of nitrogens with one attached hydrogen (secondary N) is 1. The Hall–Kier alpha value is -1.75. The van der Waals surface area contributed by atoms with Crippen LogP contribution in [-0.2, 0) is 0 Å². The van der Waals surface area contributed by atoms with Crippen molar-refractivity contribution in [2.75, 3.05) is 6.54 Å². The maximum Gasteiger partial charge on any atom is 0.161 e. The molecule has 0 aliphatic rings. The summed E-state index contributed by atoms with van der Waals surface area (Å²) in [7, 11) is 0. The lowest BCUT2D eigenvalue weighted by atomic mass is 10.0. The minimum Gasteiger partial charge on any atom is -0.464 e.